The largest absolute Gasteiger partial charge is 0.453 e. The van der Waals surface area contributed by atoms with Crippen LogP contribution in [0.25, 0.3) is 0 Å². The number of nitrogens with zero attached hydrogens (tertiary/aromatic N) is 2. The molecular formula is C13H11Br2N3O3. The lowest BCUT2D eigenvalue weighted by atomic mass is 10.2. The first kappa shape index (κ1) is 15.9. The lowest BCUT2D eigenvalue weighted by Crippen LogP contribution is -2.06. The molecule has 8 heteroatoms. The number of nitrogens with two attached hydrogens (primary N) is 1. The van der Waals surface area contributed by atoms with E-state index in [1.54, 1.807) is 18.3 Å². The molecule has 110 valence electrons. The van der Waals surface area contributed by atoms with Crippen LogP contribution in [0.2, 0.25) is 0 Å². The maximum absolute atomic E-state index is 10.8. The zero-order valence-corrected chi connectivity index (χ0v) is 14.1. The molecule has 0 saturated carbocycles. The van der Waals surface area contributed by atoms with Crippen LogP contribution in [0.15, 0.2) is 39.4 Å². The number of benzene rings is 1. The first-order valence-electron chi connectivity index (χ1n) is 5.91. The minimum absolute atomic E-state index is 0.0356. The number of nitro benzene ring substituents is 1. The number of ether oxygens (including phenoxy) is 1. The summed E-state index contributed by atoms with van der Waals surface area (Å²) in [5, 5.41) is 10.8. The molecule has 21 heavy (non-hydrogen) atoms. The first-order chi connectivity index (χ1) is 9.88. The van der Waals surface area contributed by atoms with Crippen LogP contribution in [0.4, 0.5) is 5.69 Å². The molecule has 2 aromatic rings. The van der Waals surface area contributed by atoms with Gasteiger partial charge < -0.3 is 10.5 Å². The SMILES string of the molecule is C[C@H](N)c1ccc(Oc2c(Br)cc([N+](=O)[O-])cc2Br)cn1. The minimum Gasteiger partial charge on any atom is -0.453 e. The van der Waals surface area contributed by atoms with Crippen molar-refractivity contribution in [2.45, 2.75) is 13.0 Å². The summed E-state index contributed by atoms with van der Waals surface area (Å²) < 4.78 is 6.63. The number of pyridine rings is 1. The predicted molar refractivity (Wildman–Crippen MR) is 85.4 cm³/mol. The van der Waals surface area contributed by atoms with Gasteiger partial charge in [0.25, 0.3) is 5.69 Å². The Morgan fingerprint density at radius 3 is 2.38 bits per heavy atom. The van der Waals surface area contributed by atoms with Gasteiger partial charge in [-0.25, -0.2) is 0 Å². The molecule has 0 bridgehead atoms. The lowest BCUT2D eigenvalue weighted by Gasteiger charge is -2.10. The Balaban J connectivity index is 2.29. The average Bonchev–Trinajstić information content (AvgIpc) is 2.43. The Bertz CT molecular complexity index is 652. The first-order valence-corrected chi connectivity index (χ1v) is 7.50. The number of halogens is 2. The van der Waals surface area contributed by atoms with Crippen molar-refractivity contribution in [3.8, 4) is 11.5 Å². The minimum atomic E-state index is -0.474. The molecule has 1 aromatic heterocycles. The van der Waals surface area contributed by atoms with E-state index in [1.807, 2.05) is 6.92 Å². The fourth-order valence-electron chi connectivity index (χ4n) is 1.59. The van der Waals surface area contributed by atoms with Crippen molar-refractivity contribution in [3.63, 3.8) is 0 Å². The molecule has 6 nitrogen and oxygen atoms in total. The van der Waals surface area contributed by atoms with Gasteiger partial charge in [0.15, 0.2) is 5.75 Å². The van der Waals surface area contributed by atoms with Crippen molar-refractivity contribution >= 4 is 37.5 Å². The maximum Gasteiger partial charge on any atom is 0.271 e. The average molecular weight is 417 g/mol. The highest BCUT2D eigenvalue weighted by Crippen LogP contribution is 2.39. The standard InChI is InChI=1S/C13H11Br2N3O3/c1-7(16)12-3-2-9(6-17-12)21-13-10(14)4-8(18(19)20)5-11(13)15/h2-7H,16H2,1H3/t7-/m0/s1. The molecule has 0 unspecified atom stereocenters. The summed E-state index contributed by atoms with van der Waals surface area (Å²) in [6, 6.07) is 6.12. The molecule has 0 saturated heterocycles. The number of hydrogen-bond acceptors (Lipinski definition) is 5. The highest BCUT2D eigenvalue weighted by atomic mass is 79.9. The van der Waals surface area contributed by atoms with E-state index in [9.17, 15) is 10.1 Å². The van der Waals surface area contributed by atoms with Crippen molar-refractivity contribution in [1.82, 2.24) is 4.98 Å². The Labute approximate surface area is 137 Å². The van der Waals surface area contributed by atoms with Crippen molar-refractivity contribution in [1.29, 1.82) is 0 Å². The summed E-state index contributed by atoms with van der Waals surface area (Å²) >= 11 is 6.52. The van der Waals surface area contributed by atoms with Gasteiger partial charge in [-0.05, 0) is 50.9 Å². The van der Waals surface area contributed by atoms with Gasteiger partial charge in [0.1, 0.15) is 5.75 Å². The molecule has 2 rings (SSSR count). The second-order valence-corrected chi connectivity index (χ2v) is 6.01. The molecule has 1 atom stereocenters. The van der Waals surface area contributed by atoms with E-state index in [2.05, 4.69) is 36.8 Å². The van der Waals surface area contributed by atoms with E-state index in [0.717, 1.165) is 5.69 Å². The van der Waals surface area contributed by atoms with Gasteiger partial charge in [-0.2, -0.15) is 0 Å². The van der Waals surface area contributed by atoms with Gasteiger partial charge in [0.05, 0.1) is 25.8 Å². The van der Waals surface area contributed by atoms with E-state index < -0.39 is 4.92 Å². The molecule has 0 fully saturated rings. The van der Waals surface area contributed by atoms with E-state index in [0.29, 0.717) is 20.4 Å². The lowest BCUT2D eigenvalue weighted by molar-refractivity contribution is -0.385. The molecule has 2 N–H and O–H groups in total. The number of non-ortho nitro benzene ring substituents is 1. The highest BCUT2D eigenvalue weighted by Gasteiger charge is 2.16. The van der Waals surface area contributed by atoms with Crippen LogP contribution >= 0.6 is 31.9 Å². The molecule has 0 amide bonds. The van der Waals surface area contributed by atoms with Gasteiger partial charge in [-0.3, -0.25) is 15.1 Å². The Hall–Kier alpha value is -1.51. The second kappa shape index (κ2) is 6.50. The van der Waals surface area contributed by atoms with Crippen LogP contribution in [0.3, 0.4) is 0 Å². The summed E-state index contributed by atoms with van der Waals surface area (Å²) in [5.41, 5.74) is 6.45. The quantitative estimate of drug-likeness (QED) is 0.591. The van der Waals surface area contributed by atoms with E-state index in [4.69, 9.17) is 10.5 Å². The molecule has 0 spiro atoms. The Morgan fingerprint density at radius 1 is 1.33 bits per heavy atom. The normalized spacial score (nSPS) is 12.0. The van der Waals surface area contributed by atoms with E-state index in [-0.39, 0.29) is 11.7 Å². The molecule has 1 heterocycles. The van der Waals surface area contributed by atoms with Gasteiger partial charge in [-0.15, -0.1) is 0 Å². The fourth-order valence-corrected chi connectivity index (χ4v) is 2.91. The smallest absolute Gasteiger partial charge is 0.271 e. The molecule has 1 aromatic carbocycles. The zero-order chi connectivity index (χ0) is 15.6. The Kier molecular flexibility index (Phi) is 4.92. The van der Waals surface area contributed by atoms with Crippen LogP contribution in [0.1, 0.15) is 18.7 Å². The second-order valence-electron chi connectivity index (χ2n) is 4.31. The number of rotatable bonds is 4. The fraction of sp³-hybridized carbons (Fsp3) is 0.154. The van der Waals surface area contributed by atoms with Gasteiger partial charge >= 0.3 is 0 Å². The monoisotopic (exact) mass is 415 g/mol. The van der Waals surface area contributed by atoms with Crippen molar-refractivity contribution < 1.29 is 9.66 Å². The molecule has 0 radical (unpaired) electrons. The van der Waals surface area contributed by atoms with Gasteiger partial charge in [-0.1, -0.05) is 0 Å². The van der Waals surface area contributed by atoms with Gasteiger partial charge in [0.2, 0.25) is 0 Å². The molecule has 0 aliphatic carbocycles. The van der Waals surface area contributed by atoms with Gasteiger partial charge in [0, 0.05) is 18.2 Å². The third-order valence-corrected chi connectivity index (χ3v) is 3.82. The Morgan fingerprint density at radius 2 is 1.95 bits per heavy atom. The van der Waals surface area contributed by atoms with Crippen molar-refractivity contribution in [2.75, 3.05) is 0 Å². The van der Waals surface area contributed by atoms with E-state index >= 15 is 0 Å². The summed E-state index contributed by atoms with van der Waals surface area (Å²) in [6.45, 7) is 1.84. The summed E-state index contributed by atoms with van der Waals surface area (Å²) in [7, 11) is 0. The third kappa shape index (κ3) is 3.78. The highest BCUT2D eigenvalue weighted by molar-refractivity contribution is 9.11. The molecule has 0 aliphatic rings. The van der Waals surface area contributed by atoms with Crippen molar-refractivity contribution in [3.05, 3.63) is 55.2 Å². The van der Waals surface area contributed by atoms with Crippen LogP contribution < -0.4 is 10.5 Å². The molecule has 0 aliphatic heterocycles. The molecular weight excluding hydrogens is 406 g/mol. The van der Waals surface area contributed by atoms with Crippen LogP contribution in [0, 0.1) is 10.1 Å². The number of nitro groups is 1. The predicted octanol–water partition coefficient (Wildman–Crippen LogP) is 4.33. The number of hydrogen-bond donors (Lipinski definition) is 1. The maximum atomic E-state index is 10.8. The zero-order valence-electron chi connectivity index (χ0n) is 10.9. The third-order valence-electron chi connectivity index (χ3n) is 2.64. The van der Waals surface area contributed by atoms with Crippen LogP contribution in [0.5, 0.6) is 11.5 Å². The van der Waals surface area contributed by atoms with Crippen LogP contribution in [-0.4, -0.2) is 9.91 Å². The summed E-state index contributed by atoms with van der Waals surface area (Å²) in [5.74, 6) is 0.950. The van der Waals surface area contributed by atoms with Crippen molar-refractivity contribution in [2.24, 2.45) is 5.73 Å². The summed E-state index contributed by atoms with van der Waals surface area (Å²) in [6.07, 6.45) is 1.55. The van der Waals surface area contributed by atoms with Crippen LogP contribution in [-0.2, 0) is 0 Å². The number of aromatic nitrogens is 1. The topological polar surface area (TPSA) is 91.3 Å². The summed E-state index contributed by atoms with van der Waals surface area (Å²) in [4.78, 5) is 14.5. The van der Waals surface area contributed by atoms with E-state index in [1.165, 1.54) is 12.1 Å².